The molecule has 0 saturated carbocycles. The highest BCUT2D eigenvalue weighted by Gasteiger charge is 2.24. The standard InChI is InChI=1S/C21H23N5O4/c1-4-26(21(29)25(3)12-10-14-7-5-6-11-23-14)20-24-16-9-8-15(18(22)27)13(2)17(16)19(28)30-20/h5-9,11H,4,10,12H2,1-3H3,(H2,22,27). The summed E-state index contributed by atoms with van der Waals surface area (Å²) in [6.45, 7) is 4.06. The topological polar surface area (TPSA) is 123 Å². The number of hydrogen-bond acceptors (Lipinski definition) is 6. The number of fused-ring (bicyclic) bond motifs is 1. The number of amides is 3. The maximum absolute atomic E-state index is 12.9. The van der Waals surface area contributed by atoms with E-state index in [0.29, 0.717) is 24.0 Å². The number of likely N-dealkylation sites (N-methyl/N-ethyl adjacent to an activating group) is 1. The van der Waals surface area contributed by atoms with Crippen LogP contribution in [0.2, 0.25) is 0 Å². The maximum Gasteiger partial charge on any atom is 0.348 e. The Balaban J connectivity index is 1.88. The number of aromatic nitrogens is 2. The molecule has 0 aliphatic carbocycles. The predicted octanol–water partition coefficient (Wildman–Crippen LogP) is 2.11. The quantitative estimate of drug-likeness (QED) is 0.665. The van der Waals surface area contributed by atoms with Crippen molar-refractivity contribution < 1.29 is 14.0 Å². The van der Waals surface area contributed by atoms with Crippen molar-refractivity contribution >= 4 is 28.9 Å². The highest BCUT2D eigenvalue weighted by Crippen LogP contribution is 2.21. The molecule has 0 radical (unpaired) electrons. The van der Waals surface area contributed by atoms with E-state index in [1.807, 2.05) is 18.2 Å². The molecule has 3 amide bonds. The Kier molecular flexibility index (Phi) is 6.10. The van der Waals surface area contributed by atoms with Gasteiger partial charge in [-0.15, -0.1) is 0 Å². The number of nitrogens with two attached hydrogens (primary N) is 1. The van der Waals surface area contributed by atoms with Crippen LogP contribution in [0.4, 0.5) is 10.8 Å². The van der Waals surface area contributed by atoms with Crippen molar-refractivity contribution in [3.8, 4) is 0 Å². The minimum Gasteiger partial charge on any atom is -0.388 e. The van der Waals surface area contributed by atoms with E-state index in [1.165, 1.54) is 21.9 Å². The summed E-state index contributed by atoms with van der Waals surface area (Å²) in [6.07, 6.45) is 2.29. The average molecular weight is 409 g/mol. The van der Waals surface area contributed by atoms with Crippen LogP contribution in [0.25, 0.3) is 10.9 Å². The molecule has 3 rings (SSSR count). The van der Waals surface area contributed by atoms with Crippen molar-refractivity contribution in [1.82, 2.24) is 14.9 Å². The number of nitrogens with zero attached hydrogens (tertiary/aromatic N) is 4. The Labute approximate surface area is 173 Å². The van der Waals surface area contributed by atoms with E-state index < -0.39 is 11.5 Å². The lowest BCUT2D eigenvalue weighted by molar-refractivity contribution is 0.1000. The van der Waals surface area contributed by atoms with Gasteiger partial charge in [0.25, 0.3) is 0 Å². The lowest BCUT2D eigenvalue weighted by Gasteiger charge is -2.25. The normalized spacial score (nSPS) is 10.8. The van der Waals surface area contributed by atoms with Gasteiger partial charge in [0.1, 0.15) is 0 Å². The van der Waals surface area contributed by atoms with Crippen LogP contribution < -0.4 is 16.3 Å². The van der Waals surface area contributed by atoms with Crippen molar-refractivity contribution in [3.05, 3.63) is 63.8 Å². The van der Waals surface area contributed by atoms with Crippen LogP contribution in [0.1, 0.15) is 28.5 Å². The van der Waals surface area contributed by atoms with Gasteiger partial charge in [0.05, 0.1) is 10.9 Å². The van der Waals surface area contributed by atoms with Gasteiger partial charge in [-0.1, -0.05) is 6.07 Å². The summed E-state index contributed by atoms with van der Waals surface area (Å²) in [7, 11) is 1.66. The van der Waals surface area contributed by atoms with Crippen LogP contribution in [0.3, 0.4) is 0 Å². The summed E-state index contributed by atoms with van der Waals surface area (Å²) < 4.78 is 5.34. The molecule has 0 bridgehead atoms. The lowest BCUT2D eigenvalue weighted by atomic mass is 10.0. The van der Waals surface area contributed by atoms with Crippen molar-refractivity contribution in [2.45, 2.75) is 20.3 Å². The molecule has 30 heavy (non-hydrogen) atoms. The molecular formula is C21H23N5O4. The zero-order chi connectivity index (χ0) is 21.8. The summed E-state index contributed by atoms with van der Waals surface area (Å²) in [4.78, 5) is 48.5. The van der Waals surface area contributed by atoms with E-state index in [4.69, 9.17) is 10.2 Å². The lowest BCUT2D eigenvalue weighted by Crippen LogP contribution is -2.42. The molecule has 2 aromatic heterocycles. The molecule has 2 N–H and O–H groups in total. The third-order valence-electron chi connectivity index (χ3n) is 4.85. The molecule has 1 aromatic carbocycles. The number of rotatable bonds is 6. The summed E-state index contributed by atoms with van der Waals surface area (Å²) in [5, 5.41) is 0.169. The van der Waals surface area contributed by atoms with Gasteiger partial charge in [0.2, 0.25) is 5.91 Å². The predicted molar refractivity (Wildman–Crippen MR) is 113 cm³/mol. The van der Waals surface area contributed by atoms with Gasteiger partial charge in [-0.3, -0.25) is 9.78 Å². The SMILES string of the molecule is CCN(C(=O)N(C)CCc1ccccn1)c1nc2ccc(C(N)=O)c(C)c2c(=O)o1. The third-order valence-corrected chi connectivity index (χ3v) is 4.85. The molecule has 0 aliphatic heterocycles. The van der Waals surface area contributed by atoms with E-state index in [0.717, 1.165) is 5.69 Å². The molecule has 0 saturated heterocycles. The number of benzene rings is 1. The highest BCUT2D eigenvalue weighted by atomic mass is 16.4. The summed E-state index contributed by atoms with van der Waals surface area (Å²) in [5.74, 6) is -0.641. The molecule has 156 valence electrons. The highest BCUT2D eigenvalue weighted by molar-refractivity contribution is 5.99. The molecule has 0 unspecified atom stereocenters. The molecule has 0 fully saturated rings. The molecule has 9 nitrogen and oxygen atoms in total. The van der Waals surface area contributed by atoms with Gasteiger partial charge in [-0.05, 0) is 43.7 Å². The second kappa shape index (κ2) is 8.73. The van der Waals surface area contributed by atoms with E-state index >= 15 is 0 Å². The second-order valence-corrected chi connectivity index (χ2v) is 6.80. The Morgan fingerprint density at radius 3 is 2.60 bits per heavy atom. The number of carbonyl (C=O) groups is 2. The largest absolute Gasteiger partial charge is 0.388 e. The van der Waals surface area contributed by atoms with Gasteiger partial charge in [-0.25, -0.2) is 14.5 Å². The molecule has 9 heteroatoms. The number of carbonyl (C=O) groups excluding carboxylic acids is 2. The van der Waals surface area contributed by atoms with Crippen LogP contribution in [-0.2, 0) is 6.42 Å². The first kappa shape index (κ1) is 21.0. The molecule has 0 atom stereocenters. The van der Waals surface area contributed by atoms with E-state index in [9.17, 15) is 14.4 Å². The Hall–Kier alpha value is -3.75. The van der Waals surface area contributed by atoms with Gasteiger partial charge >= 0.3 is 17.7 Å². The Morgan fingerprint density at radius 2 is 1.97 bits per heavy atom. The average Bonchev–Trinajstić information content (AvgIpc) is 2.72. The Bertz CT molecular complexity index is 1140. The minimum atomic E-state index is -0.682. The van der Waals surface area contributed by atoms with Gasteiger partial charge in [-0.2, -0.15) is 4.98 Å². The van der Waals surface area contributed by atoms with Gasteiger partial charge < -0.3 is 15.1 Å². The fraction of sp³-hybridized carbons (Fsp3) is 0.286. The second-order valence-electron chi connectivity index (χ2n) is 6.80. The number of hydrogen-bond donors (Lipinski definition) is 1. The fourth-order valence-electron chi connectivity index (χ4n) is 3.17. The number of primary amides is 1. The van der Waals surface area contributed by atoms with E-state index in [2.05, 4.69) is 9.97 Å². The first-order valence-corrected chi connectivity index (χ1v) is 9.50. The third kappa shape index (κ3) is 4.14. The van der Waals surface area contributed by atoms with Crippen molar-refractivity contribution in [2.75, 3.05) is 25.0 Å². The van der Waals surface area contributed by atoms with Gasteiger partial charge in [0.15, 0.2) is 0 Å². The monoisotopic (exact) mass is 409 g/mol. The molecule has 0 aliphatic rings. The summed E-state index contributed by atoms with van der Waals surface area (Å²) in [6, 6.07) is 8.19. The molecule has 0 spiro atoms. The minimum absolute atomic E-state index is 0.101. The smallest absolute Gasteiger partial charge is 0.348 e. The maximum atomic E-state index is 12.9. The van der Waals surface area contributed by atoms with E-state index in [1.54, 1.807) is 27.1 Å². The summed E-state index contributed by atoms with van der Waals surface area (Å²) in [5.41, 5.74) is 6.48. The number of anilines is 1. The van der Waals surface area contributed by atoms with Crippen LogP contribution in [0.5, 0.6) is 0 Å². The first-order chi connectivity index (χ1) is 14.3. The summed E-state index contributed by atoms with van der Waals surface area (Å²) >= 11 is 0. The molecular weight excluding hydrogens is 386 g/mol. The van der Waals surface area contributed by atoms with Crippen molar-refractivity contribution in [1.29, 1.82) is 0 Å². The molecule has 2 heterocycles. The van der Waals surface area contributed by atoms with Crippen molar-refractivity contribution in [2.24, 2.45) is 5.73 Å². The molecule has 3 aromatic rings. The Morgan fingerprint density at radius 1 is 1.20 bits per heavy atom. The number of pyridine rings is 1. The van der Waals surface area contributed by atoms with Crippen LogP contribution in [0, 0.1) is 6.92 Å². The number of urea groups is 1. The number of aryl methyl sites for hydroxylation is 1. The first-order valence-electron chi connectivity index (χ1n) is 9.50. The van der Waals surface area contributed by atoms with Crippen LogP contribution in [-0.4, -0.2) is 46.9 Å². The van der Waals surface area contributed by atoms with Gasteiger partial charge in [0, 0.05) is 44.0 Å². The fourth-order valence-corrected chi connectivity index (χ4v) is 3.17. The van der Waals surface area contributed by atoms with Crippen molar-refractivity contribution in [3.63, 3.8) is 0 Å². The zero-order valence-electron chi connectivity index (χ0n) is 17.1. The van der Waals surface area contributed by atoms with E-state index in [-0.39, 0.29) is 29.5 Å². The van der Waals surface area contributed by atoms with Crippen LogP contribution >= 0.6 is 0 Å². The zero-order valence-corrected chi connectivity index (χ0v) is 17.1. The van der Waals surface area contributed by atoms with Crippen LogP contribution in [0.15, 0.2) is 45.7 Å².